The number of fused-ring (bicyclic) bond motifs is 1. The second-order valence-electron chi connectivity index (χ2n) is 7.85. The number of carbonyl (C=O) groups is 3. The number of amides is 2. The van der Waals surface area contributed by atoms with E-state index in [0.717, 1.165) is 19.4 Å². The molecule has 1 heterocycles. The van der Waals surface area contributed by atoms with Gasteiger partial charge in [0.1, 0.15) is 0 Å². The Kier molecular flexibility index (Phi) is 4.97. The van der Waals surface area contributed by atoms with Crippen molar-refractivity contribution in [3.63, 3.8) is 0 Å². The summed E-state index contributed by atoms with van der Waals surface area (Å²) in [5, 5.41) is 12.5. The summed E-state index contributed by atoms with van der Waals surface area (Å²) in [6.07, 6.45) is 4.26. The lowest BCUT2D eigenvalue weighted by molar-refractivity contribution is -0.139. The van der Waals surface area contributed by atoms with Gasteiger partial charge in [-0.25, -0.2) is 0 Å². The van der Waals surface area contributed by atoms with Crippen LogP contribution in [-0.2, 0) is 4.79 Å². The highest BCUT2D eigenvalue weighted by molar-refractivity contribution is 6.21. The number of rotatable bonds is 9. The lowest BCUT2D eigenvalue weighted by Crippen LogP contribution is -2.55. The molecule has 0 spiro atoms. The first-order chi connectivity index (χ1) is 13.0. The minimum absolute atomic E-state index is 0.114. The molecule has 0 atom stereocenters. The van der Waals surface area contributed by atoms with E-state index in [2.05, 4.69) is 10.2 Å². The van der Waals surface area contributed by atoms with E-state index in [1.165, 1.54) is 17.7 Å². The van der Waals surface area contributed by atoms with Crippen LogP contribution in [-0.4, -0.2) is 71.0 Å². The Morgan fingerprint density at radius 2 is 1.78 bits per heavy atom. The molecule has 2 aliphatic carbocycles. The van der Waals surface area contributed by atoms with Crippen LogP contribution in [0.4, 0.5) is 0 Å². The number of imide groups is 1. The lowest BCUT2D eigenvalue weighted by atomic mass is 9.85. The van der Waals surface area contributed by atoms with Crippen LogP contribution in [0.5, 0.6) is 0 Å². The zero-order valence-electron chi connectivity index (χ0n) is 15.3. The molecule has 0 unspecified atom stereocenters. The van der Waals surface area contributed by atoms with Gasteiger partial charge >= 0.3 is 5.97 Å². The molecule has 144 valence electrons. The van der Waals surface area contributed by atoms with Crippen molar-refractivity contribution >= 4 is 17.8 Å². The van der Waals surface area contributed by atoms with Gasteiger partial charge in [0, 0.05) is 31.7 Å². The van der Waals surface area contributed by atoms with Gasteiger partial charge < -0.3 is 10.4 Å². The molecule has 7 heteroatoms. The minimum Gasteiger partial charge on any atom is -0.480 e. The third kappa shape index (κ3) is 3.89. The van der Waals surface area contributed by atoms with Crippen molar-refractivity contribution in [1.82, 2.24) is 15.1 Å². The number of hydrogen-bond donors (Lipinski definition) is 2. The van der Waals surface area contributed by atoms with Crippen LogP contribution in [0.25, 0.3) is 0 Å². The first kappa shape index (κ1) is 18.1. The quantitative estimate of drug-likeness (QED) is 0.634. The summed E-state index contributed by atoms with van der Waals surface area (Å²) >= 11 is 0. The summed E-state index contributed by atoms with van der Waals surface area (Å²) in [6.45, 7) is 1.92. The Labute approximate surface area is 158 Å². The Morgan fingerprint density at radius 1 is 1.15 bits per heavy atom. The van der Waals surface area contributed by atoms with E-state index < -0.39 is 5.97 Å². The van der Waals surface area contributed by atoms with Crippen molar-refractivity contribution < 1.29 is 19.5 Å². The molecule has 1 aromatic rings. The fraction of sp³-hybridized carbons (Fsp3) is 0.550. The first-order valence-electron chi connectivity index (χ1n) is 9.67. The van der Waals surface area contributed by atoms with Crippen molar-refractivity contribution in [2.24, 2.45) is 5.92 Å². The van der Waals surface area contributed by atoms with Gasteiger partial charge in [0.05, 0.1) is 17.7 Å². The highest BCUT2D eigenvalue weighted by atomic mass is 16.4. The predicted molar refractivity (Wildman–Crippen MR) is 98.6 cm³/mol. The third-order valence-corrected chi connectivity index (χ3v) is 5.80. The van der Waals surface area contributed by atoms with Gasteiger partial charge in [-0.15, -0.1) is 0 Å². The Bertz CT molecular complexity index is 720. The Balaban J connectivity index is 1.22. The maximum atomic E-state index is 12.3. The van der Waals surface area contributed by atoms with Crippen molar-refractivity contribution in [2.45, 2.75) is 37.8 Å². The molecule has 0 aromatic heterocycles. The average Bonchev–Trinajstić information content (AvgIpc) is 3.38. The van der Waals surface area contributed by atoms with Gasteiger partial charge in [-0.2, -0.15) is 0 Å². The molecule has 2 amide bonds. The number of carboxylic acids is 1. The molecule has 0 saturated heterocycles. The monoisotopic (exact) mass is 371 g/mol. The topological polar surface area (TPSA) is 89.9 Å². The highest BCUT2D eigenvalue weighted by Gasteiger charge is 2.38. The van der Waals surface area contributed by atoms with Gasteiger partial charge in [-0.1, -0.05) is 12.1 Å². The van der Waals surface area contributed by atoms with Crippen LogP contribution < -0.4 is 5.32 Å². The van der Waals surface area contributed by atoms with E-state index in [9.17, 15) is 14.4 Å². The first-order valence-corrected chi connectivity index (χ1v) is 9.67. The van der Waals surface area contributed by atoms with Crippen LogP contribution in [0.3, 0.4) is 0 Å². The lowest BCUT2D eigenvalue weighted by Gasteiger charge is -2.43. The highest BCUT2D eigenvalue weighted by Crippen LogP contribution is 2.33. The number of nitrogens with one attached hydrogen (secondary N) is 1. The van der Waals surface area contributed by atoms with E-state index in [1.807, 2.05) is 0 Å². The van der Waals surface area contributed by atoms with Crippen molar-refractivity contribution in [3.05, 3.63) is 35.4 Å². The second kappa shape index (κ2) is 7.40. The van der Waals surface area contributed by atoms with Crippen LogP contribution >= 0.6 is 0 Å². The maximum Gasteiger partial charge on any atom is 0.317 e. The maximum absolute atomic E-state index is 12.3. The van der Waals surface area contributed by atoms with Crippen molar-refractivity contribution in [3.8, 4) is 0 Å². The predicted octanol–water partition coefficient (Wildman–Crippen LogP) is 1.20. The van der Waals surface area contributed by atoms with Gasteiger partial charge in [0.2, 0.25) is 0 Å². The molecule has 1 aliphatic heterocycles. The normalized spacial score (nSPS) is 24.3. The van der Waals surface area contributed by atoms with E-state index in [1.54, 1.807) is 24.3 Å². The molecule has 0 bridgehead atoms. The molecule has 2 saturated carbocycles. The fourth-order valence-corrected chi connectivity index (χ4v) is 4.02. The van der Waals surface area contributed by atoms with Gasteiger partial charge in [0.25, 0.3) is 11.8 Å². The summed E-state index contributed by atoms with van der Waals surface area (Å²) in [6, 6.07) is 7.56. The van der Waals surface area contributed by atoms with E-state index >= 15 is 0 Å². The van der Waals surface area contributed by atoms with Crippen LogP contribution in [0, 0.1) is 5.92 Å². The summed E-state index contributed by atoms with van der Waals surface area (Å²) in [4.78, 5) is 39.2. The molecule has 2 N–H and O–H groups in total. The van der Waals surface area contributed by atoms with Crippen LogP contribution in [0.2, 0.25) is 0 Å². The number of carboxylic acid groups (broad SMARTS) is 1. The molecular weight excluding hydrogens is 346 g/mol. The summed E-state index contributed by atoms with van der Waals surface area (Å²) in [7, 11) is 0. The third-order valence-electron chi connectivity index (χ3n) is 5.80. The van der Waals surface area contributed by atoms with Crippen LogP contribution in [0.15, 0.2) is 24.3 Å². The summed E-state index contributed by atoms with van der Waals surface area (Å²) < 4.78 is 0. The van der Waals surface area contributed by atoms with Gasteiger partial charge in [-0.3, -0.25) is 24.2 Å². The number of nitrogens with zero attached hydrogens (tertiary/aromatic N) is 2. The van der Waals surface area contributed by atoms with E-state index in [0.29, 0.717) is 42.2 Å². The Hall–Kier alpha value is -2.25. The largest absolute Gasteiger partial charge is 0.480 e. The SMILES string of the molecule is O=C(O)CN(CC1CC1)C1CC(NCCN2C(=O)c3ccccc3C2=O)C1. The van der Waals surface area contributed by atoms with Crippen LogP contribution in [0.1, 0.15) is 46.4 Å². The minimum atomic E-state index is -0.766. The standard InChI is InChI=1S/C20H25N3O4/c24-18(25)12-22(11-13-5-6-13)15-9-14(10-15)21-7-8-23-19(26)16-3-1-2-4-17(16)20(23)27/h1-4,13-15,21H,5-12H2,(H,24,25). The molecule has 2 fully saturated rings. The molecule has 27 heavy (non-hydrogen) atoms. The molecule has 7 nitrogen and oxygen atoms in total. The number of hydrogen-bond acceptors (Lipinski definition) is 5. The van der Waals surface area contributed by atoms with Gasteiger partial charge in [0.15, 0.2) is 0 Å². The molecule has 4 rings (SSSR count). The number of benzene rings is 1. The zero-order chi connectivity index (χ0) is 19.0. The average molecular weight is 371 g/mol. The van der Waals surface area contributed by atoms with Crippen molar-refractivity contribution in [2.75, 3.05) is 26.2 Å². The molecule has 1 aromatic carbocycles. The summed E-state index contributed by atoms with van der Waals surface area (Å²) in [5.74, 6) is -0.537. The molecule has 0 radical (unpaired) electrons. The number of aliphatic carboxylic acids is 1. The van der Waals surface area contributed by atoms with E-state index in [-0.39, 0.29) is 18.4 Å². The van der Waals surface area contributed by atoms with Crippen molar-refractivity contribution in [1.29, 1.82) is 0 Å². The fourth-order valence-electron chi connectivity index (χ4n) is 4.02. The Morgan fingerprint density at radius 3 is 2.33 bits per heavy atom. The summed E-state index contributed by atoms with van der Waals surface area (Å²) in [5.41, 5.74) is 0.964. The smallest absolute Gasteiger partial charge is 0.317 e. The molecular formula is C20H25N3O4. The number of carbonyl (C=O) groups excluding carboxylic acids is 2. The second-order valence-corrected chi connectivity index (χ2v) is 7.85. The zero-order valence-corrected chi connectivity index (χ0v) is 15.3. The van der Waals surface area contributed by atoms with E-state index in [4.69, 9.17) is 5.11 Å². The van der Waals surface area contributed by atoms with Gasteiger partial charge in [-0.05, 0) is 43.7 Å². The molecule has 3 aliphatic rings.